The number of carbonyl (C=O) groups excluding carboxylic acids is 1. The molecule has 0 radical (unpaired) electrons. The van der Waals surface area contributed by atoms with Gasteiger partial charge in [-0.05, 0) is 12.1 Å². The zero-order chi connectivity index (χ0) is 14.2. The summed E-state index contributed by atoms with van der Waals surface area (Å²) in [6.07, 6.45) is 2.20. The van der Waals surface area contributed by atoms with E-state index in [9.17, 15) is 4.79 Å². The van der Waals surface area contributed by atoms with Crippen LogP contribution in [0.1, 0.15) is 6.42 Å². The number of benzene rings is 1. The lowest BCUT2D eigenvalue weighted by Crippen LogP contribution is -2.39. The van der Waals surface area contributed by atoms with E-state index < -0.39 is 0 Å². The van der Waals surface area contributed by atoms with Crippen molar-refractivity contribution in [2.24, 2.45) is 0 Å². The first-order valence-electron chi connectivity index (χ1n) is 6.72. The first-order valence-corrected chi connectivity index (χ1v) is 7.88. The van der Waals surface area contributed by atoms with Crippen molar-refractivity contribution in [1.82, 2.24) is 5.32 Å². The average Bonchev–Trinajstić information content (AvgIpc) is 2.46. The number of anilines is 1. The second-order valence-corrected chi connectivity index (χ2v) is 5.76. The second-order valence-electron chi connectivity index (χ2n) is 4.61. The number of amides is 1. The van der Waals surface area contributed by atoms with Gasteiger partial charge in [0, 0.05) is 42.3 Å². The highest BCUT2D eigenvalue weighted by atomic mass is 35.5. The maximum atomic E-state index is 12.0. The lowest BCUT2D eigenvalue weighted by atomic mass is 10.2. The molecule has 0 bridgehead atoms. The molecule has 4 nitrogen and oxygen atoms in total. The summed E-state index contributed by atoms with van der Waals surface area (Å²) in [7, 11) is 0. The molecular formula is C15H21ClN2O2S. The first-order chi connectivity index (χ1) is 9.78. The Hall–Kier alpha value is -1.17. The van der Waals surface area contributed by atoms with Crippen molar-refractivity contribution in [3.05, 3.63) is 36.9 Å². The third-order valence-corrected chi connectivity index (χ3v) is 4.05. The van der Waals surface area contributed by atoms with Crippen LogP contribution in [0.25, 0.3) is 0 Å². The van der Waals surface area contributed by atoms with E-state index in [4.69, 9.17) is 4.74 Å². The number of hydrogen-bond acceptors (Lipinski definition) is 4. The van der Waals surface area contributed by atoms with Crippen LogP contribution in [-0.2, 0) is 4.79 Å². The van der Waals surface area contributed by atoms with E-state index in [2.05, 4.69) is 17.2 Å². The van der Waals surface area contributed by atoms with Crippen molar-refractivity contribution < 1.29 is 9.53 Å². The van der Waals surface area contributed by atoms with Crippen molar-refractivity contribution in [2.75, 3.05) is 30.0 Å². The zero-order valence-electron chi connectivity index (χ0n) is 11.8. The number of hydrogen-bond donors (Lipinski definition) is 2. The van der Waals surface area contributed by atoms with Gasteiger partial charge in [-0.2, -0.15) is 11.8 Å². The molecule has 1 amide bonds. The van der Waals surface area contributed by atoms with Gasteiger partial charge in [-0.1, -0.05) is 18.7 Å². The fourth-order valence-corrected chi connectivity index (χ4v) is 2.95. The lowest BCUT2D eigenvalue weighted by molar-refractivity contribution is -0.116. The fourth-order valence-electron chi connectivity index (χ4n) is 2.01. The van der Waals surface area contributed by atoms with Gasteiger partial charge in [-0.3, -0.25) is 4.79 Å². The van der Waals surface area contributed by atoms with E-state index in [1.165, 1.54) is 0 Å². The van der Waals surface area contributed by atoms with Crippen LogP contribution in [0.4, 0.5) is 5.69 Å². The number of nitrogens with one attached hydrogen (secondary N) is 2. The van der Waals surface area contributed by atoms with E-state index in [0.29, 0.717) is 13.0 Å². The minimum Gasteiger partial charge on any atom is -0.489 e. The summed E-state index contributed by atoms with van der Waals surface area (Å²) in [4.78, 5) is 12.0. The van der Waals surface area contributed by atoms with Crippen molar-refractivity contribution >= 4 is 35.8 Å². The van der Waals surface area contributed by atoms with Gasteiger partial charge >= 0.3 is 0 Å². The van der Waals surface area contributed by atoms with Crippen molar-refractivity contribution in [3.63, 3.8) is 0 Å². The first kappa shape index (κ1) is 17.9. The fraction of sp³-hybridized carbons (Fsp3) is 0.400. The van der Waals surface area contributed by atoms with Crippen molar-refractivity contribution in [2.45, 2.75) is 12.5 Å². The molecule has 0 aliphatic carbocycles. The van der Waals surface area contributed by atoms with Crippen LogP contribution in [0.2, 0.25) is 0 Å². The number of thioether (sulfide) groups is 1. The van der Waals surface area contributed by atoms with Crippen LogP contribution < -0.4 is 15.4 Å². The Kier molecular flexibility index (Phi) is 8.27. The molecule has 1 saturated heterocycles. The Morgan fingerprint density at radius 1 is 1.57 bits per heavy atom. The maximum absolute atomic E-state index is 12.0. The van der Waals surface area contributed by atoms with E-state index >= 15 is 0 Å². The molecule has 1 unspecified atom stereocenters. The highest BCUT2D eigenvalue weighted by Crippen LogP contribution is 2.18. The number of rotatable bonds is 6. The molecule has 1 aromatic rings. The summed E-state index contributed by atoms with van der Waals surface area (Å²) in [5.74, 6) is 2.89. The van der Waals surface area contributed by atoms with Crippen LogP contribution >= 0.6 is 24.2 Å². The molecule has 1 heterocycles. The van der Waals surface area contributed by atoms with E-state index in [-0.39, 0.29) is 24.4 Å². The molecule has 1 aliphatic rings. The molecular weight excluding hydrogens is 308 g/mol. The molecule has 2 N–H and O–H groups in total. The molecule has 2 rings (SSSR count). The average molecular weight is 329 g/mol. The summed E-state index contributed by atoms with van der Waals surface area (Å²) >= 11 is 1.89. The van der Waals surface area contributed by atoms with Gasteiger partial charge in [0.2, 0.25) is 5.91 Å². The van der Waals surface area contributed by atoms with Crippen LogP contribution in [-0.4, -0.2) is 36.6 Å². The SMILES string of the molecule is C=CCOc1cccc(NC(=O)CC2CSCCN2)c1.Cl. The van der Waals surface area contributed by atoms with Gasteiger partial charge in [0.05, 0.1) is 0 Å². The molecule has 1 atom stereocenters. The lowest BCUT2D eigenvalue weighted by Gasteiger charge is -2.22. The monoisotopic (exact) mass is 328 g/mol. The topological polar surface area (TPSA) is 50.4 Å². The molecule has 0 saturated carbocycles. The summed E-state index contributed by atoms with van der Waals surface area (Å²) in [5.41, 5.74) is 0.764. The predicted octanol–water partition coefficient (Wildman–Crippen LogP) is 2.71. The Labute approximate surface area is 136 Å². The molecule has 6 heteroatoms. The van der Waals surface area contributed by atoms with Crippen molar-refractivity contribution in [3.8, 4) is 5.75 Å². The summed E-state index contributed by atoms with van der Waals surface area (Å²) in [5, 5.41) is 6.27. The standard InChI is InChI=1S/C15H20N2O2S.ClH/c1-2-7-19-14-5-3-4-12(9-14)17-15(18)10-13-11-20-8-6-16-13;/h2-5,9,13,16H,1,6-8,10-11H2,(H,17,18);1H. The van der Waals surface area contributed by atoms with Crippen molar-refractivity contribution in [1.29, 1.82) is 0 Å². The summed E-state index contributed by atoms with van der Waals surface area (Å²) in [6, 6.07) is 7.68. The molecule has 1 aromatic carbocycles. The molecule has 116 valence electrons. The smallest absolute Gasteiger partial charge is 0.225 e. The molecule has 0 aromatic heterocycles. The highest BCUT2D eigenvalue weighted by Gasteiger charge is 2.16. The largest absolute Gasteiger partial charge is 0.489 e. The molecule has 1 aliphatic heterocycles. The Balaban J connectivity index is 0.00000220. The molecule has 0 spiro atoms. The molecule has 1 fully saturated rings. The molecule has 21 heavy (non-hydrogen) atoms. The van der Waals surface area contributed by atoms with Crippen LogP contribution in [0.15, 0.2) is 36.9 Å². The van der Waals surface area contributed by atoms with Crippen LogP contribution in [0, 0.1) is 0 Å². The third kappa shape index (κ3) is 6.42. The van der Waals surface area contributed by atoms with Gasteiger partial charge in [-0.15, -0.1) is 12.4 Å². The Morgan fingerprint density at radius 3 is 3.14 bits per heavy atom. The number of ether oxygens (including phenoxy) is 1. The maximum Gasteiger partial charge on any atom is 0.225 e. The quantitative estimate of drug-likeness (QED) is 0.788. The zero-order valence-corrected chi connectivity index (χ0v) is 13.5. The second kappa shape index (κ2) is 9.71. The van der Waals surface area contributed by atoms with Crippen LogP contribution in [0.5, 0.6) is 5.75 Å². The normalized spacial score (nSPS) is 17.4. The minimum atomic E-state index is 0. The van der Waals surface area contributed by atoms with Gasteiger partial charge in [0.1, 0.15) is 12.4 Å². The number of halogens is 1. The summed E-state index contributed by atoms with van der Waals surface area (Å²) < 4.78 is 5.44. The van der Waals surface area contributed by atoms with Crippen LogP contribution in [0.3, 0.4) is 0 Å². The third-order valence-electron chi connectivity index (χ3n) is 2.92. The van der Waals surface area contributed by atoms with Gasteiger partial charge in [-0.25, -0.2) is 0 Å². The Morgan fingerprint density at radius 2 is 2.43 bits per heavy atom. The minimum absolute atomic E-state index is 0. The number of carbonyl (C=O) groups is 1. The van der Waals surface area contributed by atoms with E-state index in [1.54, 1.807) is 6.08 Å². The van der Waals surface area contributed by atoms with Gasteiger partial charge < -0.3 is 15.4 Å². The summed E-state index contributed by atoms with van der Waals surface area (Å²) in [6.45, 7) is 5.05. The Bertz CT molecular complexity index is 465. The highest BCUT2D eigenvalue weighted by molar-refractivity contribution is 7.99. The van der Waals surface area contributed by atoms with Gasteiger partial charge in [0.25, 0.3) is 0 Å². The predicted molar refractivity (Wildman–Crippen MR) is 91.7 cm³/mol. The van der Waals surface area contributed by atoms with Gasteiger partial charge in [0.15, 0.2) is 0 Å². The van der Waals surface area contributed by atoms with E-state index in [0.717, 1.165) is 29.5 Å². The van der Waals surface area contributed by atoms with E-state index in [1.807, 2.05) is 36.0 Å².